The van der Waals surface area contributed by atoms with Gasteiger partial charge in [0.2, 0.25) is 0 Å². The summed E-state index contributed by atoms with van der Waals surface area (Å²) >= 11 is 0. The first-order chi connectivity index (χ1) is 17.9. The molecule has 0 aromatic rings. The Morgan fingerprint density at radius 3 is 1.95 bits per heavy atom. The van der Waals surface area contributed by atoms with Crippen LogP contribution in [-0.4, -0.2) is 47.7 Å². The maximum absolute atomic E-state index is 12.3. The molecule has 218 valence electrons. The third-order valence-corrected chi connectivity index (χ3v) is 8.58. The molecule has 0 aromatic carbocycles. The number of aliphatic carboxylic acids is 1. The molecule has 0 aromatic heterocycles. The van der Waals surface area contributed by atoms with Crippen molar-refractivity contribution in [2.45, 2.75) is 168 Å². The van der Waals surface area contributed by atoms with Gasteiger partial charge in [0.1, 0.15) is 6.10 Å². The predicted octanol–water partition coefficient (Wildman–Crippen LogP) is 8.78. The van der Waals surface area contributed by atoms with Gasteiger partial charge in [-0.2, -0.15) is 0 Å². The van der Waals surface area contributed by atoms with E-state index in [1.165, 1.54) is 77.0 Å². The molecule has 1 heterocycles. The van der Waals surface area contributed by atoms with Crippen LogP contribution in [-0.2, 0) is 14.3 Å². The van der Waals surface area contributed by atoms with Crippen LogP contribution in [0.15, 0.2) is 0 Å². The minimum absolute atomic E-state index is 0.0243. The van der Waals surface area contributed by atoms with Gasteiger partial charge in [0.05, 0.1) is 5.92 Å². The molecule has 1 fully saturated rings. The number of carbonyl (C=O) groups excluding carboxylic acids is 1. The van der Waals surface area contributed by atoms with E-state index in [-0.39, 0.29) is 18.0 Å². The molecule has 0 radical (unpaired) electrons. The summed E-state index contributed by atoms with van der Waals surface area (Å²) in [7, 11) is 2.19. The minimum atomic E-state index is -0.615. The van der Waals surface area contributed by atoms with Crippen LogP contribution in [0, 0.1) is 11.8 Å². The van der Waals surface area contributed by atoms with Crippen LogP contribution >= 0.6 is 0 Å². The number of carboxylic acid groups (broad SMARTS) is 1. The summed E-state index contributed by atoms with van der Waals surface area (Å²) in [5.41, 5.74) is 0. The predicted molar refractivity (Wildman–Crippen MR) is 155 cm³/mol. The zero-order valence-electron chi connectivity index (χ0n) is 25.0. The molecule has 1 saturated heterocycles. The van der Waals surface area contributed by atoms with Crippen LogP contribution in [0.5, 0.6) is 0 Å². The van der Waals surface area contributed by atoms with Gasteiger partial charge < -0.3 is 14.7 Å². The van der Waals surface area contributed by atoms with E-state index in [1.54, 1.807) is 0 Å². The molecule has 1 aliphatic heterocycles. The van der Waals surface area contributed by atoms with Gasteiger partial charge in [0.25, 0.3) is 0 Å². The lowest BCUT2D eigenvalue weighted by atomic mass is 9.79. The fourth-order valence-electron chi connectivity index (χ4n) is 6.03. The highest BCUT2D eigenvalue weighted by Gasteiger charge is 2.34. The van der Waals surface area contributed by atoms with Crippen molar-refractivity contribution in [3.63, 3.8) is 0 Å². The highest BCUT2D eigenvalue weighted by Crippen LogP contribution is 2.33. The third-order valence-electron chi connectivity index (χ3n) is 8.58. The SMILES string of the molecule is CCCCCCCCCC(CCCCCCC(=O)O[C@@H](CC)CCCCC)C1CC(C(=O)O)CCN1C. The molecular weight excluding hydrogens is 462 g/mol. The van der Waals surface area contributed by atoms with E-state index >= 15 is 0 Å². The van der Waals surface area contributed by atoms with Crippen molar-refractivity contribution >= 4 is 11.9 Å². The number of nitrogens with zero attached hydrogens (tertiary/aromatic N) is 1. The first kappa shape index (κ1) is 33.9. The lowest BCUT2D eigenvalue weighted by molar-refractivity contribution is -0.149. The van der Waals surface area contributed by atoms with Crippen molar-refractivity contribution in [3.8, 4) is 0 Å². The minimum Gasteiger partial charge on any atom is -0.481 e. The number of piperidine rings is 1. The van der Waals surface area contributed by atoms with Gasteiger partial charge in [0.15, 0.2) is 0 Å². The summed E-state index contributed by atoms with van der Waals surface area (Å²) in [6.07, 6.45) is 23.6. The van der Waals surface area contributed by atoms with Gasteiger partial charge in [-0.3, -0.25) is 9.59 Å². The summed E-state index contributed by atoms with van der Waals surface area (Å²) in [6, 6.07) is 0.392. The van der Waals surface area contributed by atoms with Crippen molar-refractivity contribution in [1.29, 1.82) is 0 Å². The van der Waals surface area contributed by atoms with Crippen molar-refractivity contribution in [2.75, 3.05) is 13.6 Å². The number of rotatable bonds is 23. The van der Waals surface area contributed by atoms with Crippen LogP contribution < -0.4 is 0 Å². The molecule has 37 heavy (non-hydrogen) atoms. The maximum Gasteiger partial charge on any atom is 0.306 e. The van der Waals surface area contributed by atoms with E-state index in [9.17, 15) is 14.7 Å². The highest BCUT2D eigenvalue weighted by atomic mass is 16.5. The van der Waals surface area contributed by atoms with Crippen LogP contribution in [0.1, 0.15) is 156 Å². The standard InChI is InChI=1S/C32H61NO4/c1-5-8-10-11-12-13-17-20-27(30-26-28(32(35)36)24-25-33(30)4)21-18-14-15-19-23-31(34)37-29(7-3)22-16-9-6-2/h27-30H,5-26H2,1-4H3,(H,35,36)/t27?,28?,29-,30?/m0/s1. The Labute approximate surface area is 229 Å². The Kier molecular flexibility index (Phi) is 20.0. The molecule has 4 atom stereocenters. The van der Waals surface area contributed by atoms with E-state index in [4.69, 9.17) is 4.74 Å². The fraction of sp³-hybridized carbons (Fsp3) is 0.938. The van der Waals surface area contributed by atoms with E-state index < -0.39 is 5.97 Å². The Balaban J connectivity index is 2.40. The Morgan fingerprint density at radius 2 is 1.35 bits per heavy atom. The van der Waals surface area contributed by atoms with Gasteiger partial charge >= 0.3 is 11.9 Å². The summed E-state index contributed by atoms with van der Waals surface area (Å²) < 4.78 is 5.70. The van der Waals surface area contributed by atoms with Crippen LogP contribution in [0.25, 0.3) is 0 Å². The molecule has 0 aliphatic carbocycles. The molecule has 3 unspecified atom stereocenters. The number of ether oxygens (including phenoxy) is 1. The molecule has 0 bridgehead atoms. The molecule has 1 N–H and O–H groups in total. The van der Waals surface area contributed by atoms with Crippen molar-refractivity contribution < 1.29 is 19.4 Å². The quantitative estimate of drug-likeness (QED) is 0.107. The Hall–Kier alpha value is -1.10. The summed E-state index contributed by atoms with van der Waals surface area (Å²) in [4.78, 5) is 26.4. The fourth-order valence-corrected chi connectivity index (χ4v) is 6.03. The van der Waals surface area contributed by atoms with Crippen molar-refractivity contribution in [2.24, 2.45) is 11.8 Å². The lowest BCUT2D eigenvalue weighted by Crippen LogP contribution is -2.46. The maximum atomic E-state index is 12.3. The largest absolute Gasteiger partial charge is 0.481 e. The first-order valence-corrected chi connectivity index (χ1v) is 16.0. The molecule has 1 aliphatic rings. The smallest absolute Gasteiger partial charge is 0.306 e. The number of carbonyl (C=O) groups is 2. The van der Waals surface area contributed by atoms with Gasteiger partial charge in [-0.15, -0.1) is 0 Å². The van der Waals surface area contributed by atoms with Crippen molar-refractivity contribution in [3.05, 3.63) is 0 Å². The second kappa shape index (κ2) is 21.8. The third kappa shape index (κ3) is 15.8. The van der Waals surface area contributed by atoms with E-state index in [2.05, 4.69) is 32.7 Å². The van der Waals surface area contributed by atoms with Gasteiger partial charge in [0, 0.05) is 12.5 Å². The zero-order valence-corrected chi connectivity index (χ0v) is 25.0. The van der Waals surface area contributed by atoms with Crippen molar-refractivity contribution in [1.82, 2.24) is 4.90 Å². The van der Waals surface area contributed by atoms with Crippen LogP contribution in [0.2, 0.25) is 0 Å². The number of unbranched alkanes of at least 4 members (excludes halogenated alkanes) is 11. The average molecular weight is 524 g/mol. The number of hydrogen-bond donors (Lipinski definition) is 1. The van der Waals surface area contributed by atoms with Crippen LogP contribution in [0.4, 0.5) is 0 Å². The summed E-state index contributed by atoms with van der Waals surface area (Å²) in [5, 5.41) is 9.63. The average Bonchev–Trinajstić information content (AvgIpc) is 2.88. The number of esters is 1. The highest BCUT2D eigenvalue weighted by molar-refractivity contribution is 5.70. The lowest BCUT2D eigenvalue weighted by Gasteiger charge is -2.40. The molecule has 0 amide bonds. The van der Waals surface area contributed by atoms with Gasteiger partial charge in [-0.1, -0.05) is 97.8 Å². The summed E-state index contributed by atoms with van der Waals surface area (Å²) in [6.45, 7) is 7.47. The number of likely N-dealkylation sites (tertiary alicyclic amines) is 1. The summed E-state index contributed by atoms with van der Waals surface area (Å²) in [5.74, 6) is -0.238. The molecule has 0 saturated carbocycles. The Morgan fingerprint density at radius 1 is 0.811 bits per heavy atom. The van der Waals surface area contributed by atoms with E-state index in [1.807, 2.05) is 0 Å². The molecule has 5 heteroatoms. The van der Waals surface area contributed by atoms with E-state index in [0.29, 0.717) is 18.4 Å². The number of carboxylic acids is 1. The monoisotopic (exact) mass is 523 g/mol. The topological polar surface area (TPSA) is 66.8 Å². The first-order valence-electron chi connectivity index (χ1n) is 16.0. The van der Waals surface area contributed by atoms with Crippen LogP contribution in [0.3, 0.4) is 0 Å². The zero-order chi connectivity index (χ0) is 27.3. The second-order valence-electron chi connectivity index (χ2n) is 11.7. The van der Waals surface area contributed by atoms with E-state index in [0.717, 1.165) is 57.9 Å². The normalized spacial score (nSPS) is 20.0. The molecule has 0 spiro atoms. The van der Waals surface area contributed by atoms with Gasteiger partial charge in [-0.05, 0) is 70.9 Å². The number of hydrogen-bond acceptors (Lipinski definition) is 4. The molecule has 5 nitrogen and oxygen atoms in total. The molecular formula is C32H61NO4. The Bertz CT molecular complexity index is 581. The molecule has 1 rings (SSSR count). The van der Waals surface area contributed by atoms with Gasteiger partial charge in [-0.25, -0.2) is 0 Å². The second-order valence-corrected chi connectivity index (χ2v) is 11.7.